The minimum Gasteiger partial charge on any atom is -0.464 e. The smallest absolute Gasteiger partial charge is 0.416 e. The largest absolute Gasteiger partial charge is 0.464 e. The third kappa shape index (κ3) is 3.89. The van der Waals surface area contributed by atoms with Crippen LogP contribution in [0.25, 0.3) is 0 Å². The first-order valence-corrected chi connectivity index (χ1v) is 6.77. The molecule has 24 heavy (non-hydrogen) atoms. The number of alkyl halides is 3. The Bertz CT molecular complexity index is 788. The Balaban J connectivity index is 2.26. The van der Waals surface area contributed by atoms with Gasteiger partial charge in [0.1, 0.15) is 11.4 Å². The molecule has 0 bridgehead atoms. The quantitative estimate of drug-likeness (QED) is 0.871. The molecule has 2 rings (SSSR count). The van der Waals surface area contributed by atoms with E-state index in [9.17, 15) is 22.8 Å². The molecule has 0 aliphatic rings. The van der Waals surface area contributed by atoms with Crippen LogP contribution in [0.3, 0.4) is 0 Å². The van der Waals surface area contributed by atoms with Crippen LogP contribution < -0.4 is 5.32 Å². The Labute approximate surface area is 135 Å². The molecule has 1 aromatic carbocycles. The van der Waals surface area contributed by atoms with E-state index in [1.165, 1.54) is 44.4 Å². The maximum absolute atomic E-state index is 12.9. The van der Waals surface area contributed by atoms with E-state index in [4.69, 9.17) is 0 Å². The molecule has 5 nitrogen and oxygen atoms in total. The lowest BCUT2D eigenvalue weighted by molar-refractivity contribution is -0.138. The zero-order chi connectivity index (χ0) is 17.9. The molecule has 126 valence electrons. The van der Waals surface area contributed by atoms with E-state index in [1.54, 1.807) is 0 Å². The van der Waals surface area contributed by atoms with Crippen LogP contribution in [0.2, 0.25) is 0 Å². The van der Waals surface area contributed by atoms with Gasteiger partial charge in [0.15, 0.2) is 0 Å². The molecule has 0 aliphatic carbocycles. The second-order valence-electron chi connectivity index (χ2n) is 4.88. The van der Waals surface area contributed by atoms with Crippen LogP contribution in [0.1, 0.15) is 32.1 Å². The molecule has 0 aliphatic heterocycles. The van der Waals surface area contributed by atoms with Gasteiger partial charge in [-0.05, 0) is 36.8 Å². The predicted molar refractivity (Wildman–Crippen MR) is 79.7 cm³/mol. The van der Waals surface area contributed by atoms with Crippen LogP contribution in [0.15, 0.2) is 36.4 Å². The number of benzene rings is 1. The molecule has 1 heterocycles. The fourth-order valence-corrected chi connectivity index (χ4v) is 1.98. The average Bonchev–Trinajstić information content (AvgIpc) is 2.55. The maximum atomic E-state index is 12.9. The number of methoxy groups -OCH3 is 1. The van der Waals surface area contributed by atoms with Crippen molar-refractivity contribution in [3.8, 4) is 0 Å². The Morgan fingerprint density at radius 3 is 2.42 bits per heavy atom. The van der Waals surface area contributed by atoms with Crippen molar-refractivity contribution in [2.45, 2.75) is 13.1 Å². The van der Waals surface area contributed by atoms with E-state index in [0.717, 1.165) is 6.07 Å². The molecule has 2 aromatic rings. The Morgan fingerprint density at radius 1 is 1.12 bits per heavy atom. The van der Waals surface area contributed by atoms with Crippen LogP contribution >= 0.6 is 0 Å². The lowest BCUT2D eigenvalue weighted by Crippen LogP contribution is -2.17. The summed E-state index contributed by atoms with van der Waals surface area (Å²) < 4.78 is 43.2. The number of hydrogen-bond acceptors (Lipinski definition) is 4. The SMILES string of the molecule is COC(=O)c1cccc(C(=O)Nc2ccc(C)c(C(F)(F)F)c2)n1. The van der Waals surface area contributed by atoms with Crippen molar-refractivity contribution in [2.24, 2.45) is 0 Å². The van der Waals surface area contributed by atoms with E-state index in [-0.39, 0.29) is 22.6 Å². The summed E-state index contributed by atoms with van der Waals surface area (Å²) in [7, 11) is 1.17. The van der Waals surface area contributed by atoms with Gasteiger partial charge >= 0.3 is 12.1 Å². The Kier molecular flexibility index (Phi) is 4.87. The van der Waals surface area contributed by atoms with Gasteiger partial charge in [0, 0.05) is 5.69 Å². The summed E-state index contributed by atoms with van der Waals surface area (Å²) >= 11 is 0. The zero-order valence-corrected chi connectivity index (χ0v) is 12.8. The number of anilines is 1. The van der Waals surface area contributed by atoms with Gasteiger partial charge in [0.25, 0.3) is 5.91 Å². The highest BCUT2D eigenvalue weighted by Crippen LogP contribution is 2.33. The number of amides is 1. The summed E-state index contributed by atoms with van der Waals surface area (Å²) in [5.74, 6) is -1.46. The first kappa shape index (κ1) is 17.5. The van der Waals surface area contributed by atoms with Gasteiger partial charge in [-0.1, -0.05) is 12.1 Å². The molecule has 1 aromatic heterocycles. The number of nitrogens with one attached hydrogen (secondary N) is 1. The summed E-state index contributed by atoms with van der Waals surface area (Å²) in [5, 5.41) is 2.33. The normalized spacial score (nSPS) is 11.0. The number of pyridine rings is 1. The minimum atomic E-state index is -4.52. The summed E-state index contributed by atoms with van der Waals surface area (Å²) in [5.41, 5.74) is -1.01. The fourth-order valence-electron chi connectivity index (χ4n) is 1.98. The summed E-state index contributed by atoms with van der Waals surface area (Å²) in [6.07, 6.45) is -4.52. The number of halogens is 3. The third-order valence-corrected chi connectivity index (χ3v) is 3.18. The van der Waals surface area contributed by atoms with Crippen LogP contribution in [0.5, 0.6) is 0 Å². The van der Waals surface area contributed by atoms with E-state index in [2.05, 4.69) is 15.0 Å². The molecular weight excluding hydrogens is 325 g/mol. The zero-order valence-electron chi connectivity index (χ0n) is 12.8. The van der Waals surface area contributed by atoms with Gasteiger partial charge in [-0.2, -0.15) is 13.2 Å². The number of aromatic nitrogens is 1. The molecule has 1 amide bonds. The molecule has 0 saturated carbocycles. The molecule has 0 saturated heterocycles. The molecule has 0 radical (unpaired) electrons. The van der Waals surface area contributed by atoms with Crippen molar-refractivity contribution in [1.29, 1.82) is 0 Å². The molecule has 0 unspecified atom stereocenters. The lowest BCUT2D eigenvalue weighted by Gasteiger charge is -2.12. The summed E-state index contributed by atoms with van der Waals surface area (Å²) in [4.78, 5) is 27.3. The van der Waals surface area contributed by atoms with Crippen LogP contribution in [-0.4, -0.2) is 24.0 Å². The van der Waals surface area contributed by atoms with E-state index in [0.29, 0.717) is 0 Å². The predicted octanol–water partition coefficient (Wildman–Crippen LogP) is 3.45. The maximum Gasteiger partial charge on any atom is 0.416 e. The summed E-state index contributed by atoms with van der Waals surface area (Å²) in [6.45, 7) is 1.33. The van der Waals surface area contributed by atoms with Crippen molar-refractivity contribution >= 4 is 17.6 Å². The first-order valence-electron chi connectivity index (χ1n) is 6.77. The number of aryl methyl sites for hydroxylation is 1. The van der Waals surface area contributed by atoms with Crippen molar-refractivity contribution in [2.75, 3.05) is 12.4 Å². The number of esters is 1. The van der Waals surface area contributed by atoms with Crippen LogP contribution in [-0.2, 0) is 10.9 Å². The minimum absolute atomic E-state index is 0.0248. The van der Waals surface area contributed by atoms with Gasteiger partial charge in [-0.25, -0.2) is 9.78 Å². The summed E-state index contributed by atoms with van der Waals surface area (Å²) in [6, 6.07) is 7.57. The molecular formula is C16H13F3N2O3. The molecule has 0 fully saturated rings. The highest BCUT2D eigenvalue weighted by Gasteiger charge is 2.32. The second kappa shape index (κ2) is 6.69. The number of ether oxygens (including phenoxy) is 1. The Morgan fingerprint density at radius 2 is 1.79 bits per heavy atom. The molecule has 8 heteroatoms. The van der Waals surface area contributed by atoms with Crippen LogP contribution in [0, 0.1) is 6.92 Å². The highest BCUT2D eigenvalue weighted by molar-refractivity contribution is 6.03. The van der Waals surface area contributed by atoms with Crippen molar-refractivity contribution in [3.63, 3.8) is 0 Å². The number of rotatable bonds is 3. The number of hydrogen-bond donors (Lipinski definition) is 1. The molecule has 0 spiro atoms. The second-order valence-corrected chi connectivity index (χ2v) is 4.88. The number of carbonyl (C=O) groups excluding carboxylic acids is 2. The number of nitrogens with zero attached hydrogens (tertiary/aromatic N) is 1. The average molecular weight is 338 g/mol. The van der Waals surface area contributed by atoms with E-state index >= 15 is 0 Å². The monoisotopic (exact) mass is 338 g/mol. The van der Waals surface area contributed by atoms with Crippen molar-refractivity contribution in [3.05, 3.63) is 58.9 Å². The van der Waals surface area contributed by atoms with Crippen LogP contribution in [0.4, 0.5) is 18.9 Å². The number of carbonyl (C=O) groups is 2. The topological polar surface area (TPSA) is 68.3 Å². The molecule has 1 N–H and O–H groups in total. The molecule has 0 atom stereocenters. The van der Waals surface area contributed by atoms with Gasteiger partial charge in [0.05, 0.1) is 12.7 Å². The third-order valence-electron chi connectivity index (χ3n) is 3.18. The standard InChI is InChI=1S/C16H13F3N2O3/c1-9-6-7-10(8-11(9)16(17,18)19)20-14(22)12-4-3-5-13(21-12)15(23)24-2/h3-8H,1-2H3,(H,20,22). The van der Waals surface area contributed by atoms with E-state index < -0.39 is 23.6 Å². The van der Waals surface area contributed by atoms with Gasteiger partial charge in [-0.3, -0.25) is 4.79 Å². The van der Waals surface area contributed by atoms with Gasteiger partial charge in [-0.15, -0.1) is 0 Å². The van der Waals surface area contributed by atoms with Crippen molar-refractivity contribution < 1.29 is 27.5 Å². The van der Waals surface area contributed by atoms with Gasteiger partial charge < -0.3 is 10.1 Å². The highest BCUT2D eigenvalue weighted by atomic mass is 19.4. The Hall–Kier alpha value is -2.90. The lowest BCUT2D eigenvalue weighted by atomic mass is 10.1. The van der Waals surface area contributed by atoms with E-state index in [1.807, 2.05) is 0 Å². The fraction of sp³-hybridized carbons (Fsp3) is 0.188. The van der Waals surface area contributed by atoms with Crippen molar-refractivity contribution in [1.82, 2.24) is 4.98 Å². The van der Waals surface area contributed by atoms with Gasteiger partial charge in [0.2, 0.25) is 0 Å². The first-order chi connectivity index (χ1) is 11.2.